The second-order valence-electron chi connectivity index (χ2n) is 6.94. The Morgan fingerprint density at radius 2 is 2.20 bits per heavy atom. The van der Waals surface area contributed by atoms with Crippen LogP contribution in [0.1, 0.15) is 50.3 Å². The summed E-state index contributed by atoms with van der Waals surface area (Å²) in [5, 5.41) is 11.1. The molecule has 0 bridgehead atoms. The number of fused-ring (bicyclic) bond motifs is 1. The molecule has 2 aliphatic rings. The van der Waals surface area contributed by atoms with Gasteiger partial charge in [0.1, 0.15) is 5.82 Å². The predicted molar refractivity (Wildman–Crippen MR) is 96.2 cm³/mol. The van der Waals surface area contributed by atoms with Gasteiger partial charge in [-0.1, -0.05) is 0 Å². The number of nitrogens with zero attached hydrogens (tertiary/aromatic N) is 4. The minimum atomic E-state index is -0.409. The molecule has 1 N–H and O–H groups in total. The molecular formula is C19H21N5O. The van der Waals surface area contributed by atoms with Crippen LogP contribution in [0.2, 0.25) is 0 Å². The average Bonchev–Trinajstić information content (AvgIpc) is 3.52. The van der Waals surface area contributed by atoms with E-state index in [-0.39, 0.29) is 5.91 Å². The van der Waals surface area contributed by atoms with E-state index in [1.165, 1.54) is 12.8 Å². The Kier molecular flexibility index (Phi) is 3.79. The van der Waals surface area contributed by atoms with Crippen LogP contribution in [0.4, 0.5) is 5.69 Å². The van der Waals surface area contributed by atoms with E-state index in [0.717, 1.165) is 29.0 Å². The molecular weight excluding hydrogens is 314 g/mol. The Morgan fingerprint density at radius 3 is 2.88 bits per heavy atom. The van der Waals surface area contributed by atoms with Crippen molar-refractivity contribution in [1.29, 1.82) is 0 Å². The smallest absolute Gasteiger partial charge is 0.224 e. The van der Waals surface area contributed by atoms with E-state index in [1.807, 2.05) is 18.2 Å². The van der Waals surface area contributed by atoms with Crippen LogP contribution in [-0.2, 0) is 11.8 Å². The third-order valence-electron chi connectivity index (χ3n) is 4.95. The minimum absolute atomic E-state index is 0.0323. The zero-order chi connectivity index (χ0) is 17.4. The van der Waals surface area contributed by atoms with Gasteiger partial charge in [-0.05, 0) is 31.0 Å². The summed E-state index contributed by atoms with van der Waals surface area (Å²) in [7, 11) is 2.06. The van der Waals surface area contributed by atoms with Crippen molar-refractivity contribution in [2.45, 2.75) is 50.1 Å². The Bertz CT molecular complexity index is 894. The van der Waals surface area contributed by atoms with Gasteiger partial charge in [0.25, 0.3) is 0 Å². The lowest BCUT2D eigenvalue weighted by molar-refractivity contribution is -0.116. The molecule has 1 aromatic carbocycles. The molecule has 1 fully saturated rings. The van der Waals surface area contributed by atoms with E-state index < -0.39 is 5.66 Å². The fourth-order valence-corrected chi connectivity index (χ4v) is 3.21. The van der Waals surface area contributed by atoms with Crippen LogP contribution in [0.15, 0.2) is 28.4 Å². The zero-order valence-electron chi connectivity index (χ0n) is 14.3. The van der Waals surface area contributed by atoms with Gasteiger partial charge in [-0.25, -0.2) is 4.98 Å². The van der Waals surface area contributed by atoms with E-state index in [0.29, 0.717) is 25.2 Å². The number of anilines is 1. The maximum atomic E-state index is 12.2. The molecule has 6 heteroatoms. The number of amides is 1. The quantitative estimate of drug-likeness (QED) is 0.783. The lowest BCUT2D eigenvalue weighted by atomic mass is 10.0. The monoisotopic (exact) mass is 335 g/mol. The molecule has 1 aromatic heterocycles. The highest BCUT2D eigenvalue weighted by Gasteiger charge is 2.39. The number of terminal acetylenes is 1. The molecule has 2 heterocycles. The van der Waals surface area contributed by atoms with Crippen molar-refractivity contribution in [3.8, 4) is 12.3 Å². The van der Waals surface area contributed by atoms with Gasteiger partial charge in [0.15, 0.2) is 5.66 Å². The van der Waals surface area contributed by atoms with Gasteiger partial charge >= 0.3 is 0 Å². The number of hydrogen-bond acceptors (Lipinski definition) is 4. The molecule has 0 spiro atoms. The van der Waals surface area contributed by atoms with Gasteiger partial charge in [-0.3, -0.25) is 4.79 Å². The summed E-state index contributed by atoms with van der Waals surface area (Å²) in [6.07, 6.45) is 10.1. The second kappa shape index (κ2) is 5.99. The number of carbonyl (C=O) groups is 1. The second-order valence-corrected chi connectivity index (χ2v) is 6.94. The molecule has 0 atom stereocenters. The maximum Gasteiger partial charge on any atom is 0.224 e. The van der Waals surface area contributed by atoms with Crippen LogP contribution >= 0.6 is 0 Å². The molecule has 6 nitrogen and oxygen atoms in total. The molecule has 1 amide bonds. The first-order valence-electron chi connectivity index (χ1n) is 8.74. The van der Waals surface area contributed by atoms with Crippen molar-refractivity contribution >= 4 is 22.6 Å². The van der Waals surface area contributed by atoms with E-state index in [1.54, 1.807) is 0 Å². The van der Waals surface area contributed by atoms with Crippen molar-refractivity contribution in [2.24, 2.45) is 17.3 Å². The molecule has 4 rings (SSSR count). The Morgan fingerprint density at radius 1 is 1.40 bits per heavy atom. The number of benzene rings is 1. The Balaban J connectivity index is 1.39. The highest BCUT2D eigenvalue weighted by Crippen LogP contribution is 2.40. The molecule has 1 aliphatic heterocycles. The standard InChI is InChI=1S/C19H21N5O/c1-3-4-10-19(22-23-19)11-9-17(25)20-14-7-8-16-15(12-14)21-18(24(16)2)13-5-6-13/h1,7-8,12-13H,4-6,9-11H2,2H3,(H,20,25). The van der Waals surface area contributed by atoms with Gasteiger partial charge < -0.3 is 9.88 Å². The van der Waals surface area contributed by atoms with Crippen molar-refractivity contribution in [1.82, 2.24) is 9.55 Å². The Labute approximate surface area is 146 Å². The van der Waals surface area contributed by atoms with Crippen molar-refractivity contribution in [3.63, 3.8) is 0 Å². The molecule has 25 heavy (non-hydrogen) atoms. The molecule has 0 radical (unpaired) electrons. The van der Waals surface area contributed by atoms with E-state index in [4.69, 9.17) is 11.4 Å². The number of nitrogens with one attached hydrogen (secondary N) is 1. The summed E-state index contributed by atoms with van der Waals surface area (Å²) in [5.41, 5.74) is 2.40. The van der Waals surface area contributed by atoms with Crippen LogP contribution in [0, 0.1) is 12.3 Å². The summed E-state index contributed by atoms with van der Waals surface area (Å²) in [6, 6.07) is 5.89. The number of carbonyl (C=O) groups excluding carboxylic acids is 1. The fraction of sp³-hybridized carbons (Fsp3) is 0.474. The van der Waals surface area contributed by atoms with Gasteiger partial charge in [-0.15, -0.1) is 12.3 Å². The van der Waals surface area contributed by atoms with Gasteiger partial charge in [0.05, 0.1) is 11.0 Å². The first-order chi connectivity index (χ1) is 12.1. The van der Waals surface area contributed by atoms with Crippen LogP contribution in [0.3, 0.4) is 0 Å². The lowest BCUT2D eigenvalue weighted by Gasteiger charge is -2.09. The SMILES string of the molecule is C#CCCC1(CCC(=O)Nc2ccc3c(c2)nc(C2CC2)n3C)N=N1. The Hall–Kier alpha value is -2.68. The van der Waals surface area contributed by atoms with Gasteiger partial charge in [0, 0.05) is 44.3 Å². The number of rotatable bonds is 7. The van der Waals surface area contributed by atoms with Crippen molar-refractivity contribution in [3.05, 3.63) is 24.0 Å². The zero-order valence-corrected chi connectivity index (χ0v) is 14.3. The third-order valence-corrected chi connectivity index (χ3v) is 4.95. The summed E-state index contributed by atoms with van der Waals surface area (Å²) in [6.45, 7) is 0. The molecule has 0 saturated heterocycles. The summed E-state index contributed by atoms with van der Waals surface area (Å²) < 4.78 is 2.16. The van der Waals surface area contributed by atoms with Crippen LogP contribution in [0.25, 0.3) is 11.0 Å². The van der Waals surface area contributed by atoms with E-state index >= 15 is 0 Å². The van der Waals surface area contributed by atoms with Gasteiger partial charge in [-0.2, -0.15) is 10.2 Å². The largest absolute Gasteiger partial charge is 0.331 e. The predicted octanol–water partition coefficient (Wildman–Crippen LogP) is 3.74. The number of aryl methyl sites for hydroxylation is 1. The molecule has 1 saturated carbocycles. The molecule has 1 aliphatic carbocycles. The number of imidazole rings is 1. The highest BCUT2D eigenvalue weighted by molar-refractivity contribution is 5.93. The van der Waals surface area contributed by atoms with Crippen molar-refractivity contribution < 1.29 is 4.79 Å². The summed E-state index contributed by atoms with van der Waals surface area (Å²) >= 11 is 0. The summed E-state index contributed by atoms with van der Waals surface area (Å²) in [5.74, 6) is 4.31. The van der Waals surface area contributed by atoms with Crippen LogP contribution < -0.4 is 5.32 Å². The van der Waals surface area contributed by atoms with E-state index in [2.05, 4.69) is 33.1 Å². The number of aromatic nitrogens is 2. The minimum Gasteiger partial charge on any atom is -0.331 e. The third kappa shape index (κ3) is 3.27. The van der Waals surface area contributed by atoms with Crippen LogP contribution in [0.5, 0.6) is 0 Å². The first kappa shape index (κ1) is 15.8. The topological polar surface area (TPSA) is 71.6 Å². The highest BCUT2D eigenvalue weighted by atomic mass is 16.1. The molecule has 0 unspecified atom stereocenters. The maximum absolute atomic E-state index is 12.2. The fourth-order valence-electron chi connectivity index (χ4n) is 3.21. The molecule has 2 aromatic rings. The first-order valence-corrected chi connectivity index (χ1v) is 8.74. The normalized spacial score (nSPS) is 17.4. The van der Waals surface area contributed by atoms with Gasteiger partial charge in [0.2, 0.25) is 5.91 Å². The average molecular weight is 335 g/mol. The van der Waals surface area contributed by atoms with Crippen molar-refractivity contribution in [2.75, 3.05) is 5.32 Å². The van der Waals surface area contributed by atoms with E-state index in [9.17, 15) is 4.79 Å². The van der Waals surface area contributed by atoms with Crippen LogP contribution in [-0.4, -0.2) is 21.1 Å². The lowest BCUT2D eigenvalue weighted by Crippen LogP contribution is -2.17. The number of hydrogen-bond donors (Lipinski definition) is 1. The summed E-state index contributed by atoms with van der Waals surface area (Å²) in [4.78, 5) is 17.0. The molecule has 128 valence electrons.